The predicted octanol–water partition coefficient (Wildman–Crippen LogP) is 0.423. The van der Waals surface area contributed by atoms with Crippen molar-refractivity contribution in [3.63, 3.8) is 0 Å². The van der Waals surface area contributed by atoms with Gasteiger partial charge in [0.1, 0.15) is 6.04 Å². The highest BCUT2D eigenvalue weighted by atomic mass is 79.9. The molecule has 1 aliphatic rings. The molecule has 0 aromatic rings. The van der Waals surface area contributed by atoms with E-state index in [1.807, 2.05) is 6.92 Å². The Hall–Kier alpha value is -0.910. The first kappa shape index (κ1) is 13.2. The molecule has 16 heavy (non-hydrogen) atoms. The van der Waals surface area contributed by atoms with Gasteiger partial charge < -0.3 is 5.32 Å². The van der Waals surface area contributed by atoms with Crippen LogP contribution in [0.5, 0.6) is 0 Å². The fraction of sp³-hybridized carbons (Fsp3) is 0.700. The second-order valence-corrected chi connectivity index (χ2v) is 4.87. The minimum atomic E-state index is -0.568. The van der Waals surface area contributed by atoms with Gasteiger partial charge in [0.25, 0.3) is 5.91 Å². The van der Waals surface area contributed by atoms with Crippen LogP contribution in [0.3, 0.4) is 0 Å². The molecule has 5 nitrogen and oxygen atoms in total. The Balaban J connectivity index is 2.59. The molecule has 6 heteroatoms. The monoisotopic (exact) mass is 290 g/mol. The van der Waals surface area contributed by atoms with E-state index in [-0.39, 0.29) is 22.5 Å². The molecule has 1 rings (SSSR count). The molecule has 0 aromatic carbocycles. The molecule has 2 atom stereocenters. The topological polar surface area (TPSA) is 66.5 Å². The van der Waals surface area contributed by atoms with Gasteiger partial charge in [0, 0.05) is 13.5 Å². The predicted molar refractivity (Wildman–Crippen MR) is 61.9 cm³/mol. The summed E-state index contributed by atoms with van der Waals surface area (Å²) in [4.78, 5) is 35.2. The van der Waals surface area contributed by atoms with Crippen molar-refractivity contribution in [2.75, 3.05) is 7.05 Å². The van der Waals surface area contributed by atoms with Gasteiger partial charge in [-0.25, -0.2) is 0 Å². The normalized spacial score (nSPS) is 23.2. The van der Waals surface area contributed by atoms with Crippen LogP contribution in [0.2, 0.25) is 0 Å². The first-order chi connectivity index (χ1) is 7.47. The van der Waals surface area contributed by atoms with Crippen molar-refractivity contribution >= 4 is 33.7 Å². The summed E-state index contributed by atoms with van der Waals surface area (Å²) in [7, 11) is 1.44. The van der Waals surface area contributed by atoms with Crippen LogP contribution in [0, 0.1) is 0 Å². The van der Waals surface area contributed by atoms with Crippen molar-refractivity contribution in [3.8, 4) is 0 Å². The van der Waals surface area contributed by atoms with Crippen LogP contribution in [0.1, 0.15) is 26.2 Å². The van der Waals surface area contributed by atoms with E-state index in [9.17, 15) is 14.4 Å². The number of alkyl halides is 1. The molecule has 1 aliphatic heterocycles. The molecule has 1 N–H and O–H groups in total. The molecule has 0 bridgehead atoms. The standard InChI is InChI=1S/C10H15BrN2O3/c1-3-6(11)9(15)12-7-4-5-8(14)13(2)10(7)16/h6-7H,3-5H2,1-2H3,(H,12,15). The molecular weight excluding hydrogens is 276 g/mol. The zero-order chi connectivity index (χ0) is 12.3. The number of piperidine rings is 1. The van der Waals surface area contributed by atoms with Gasteiger partial charge in [-0.3, -0.25) is 19.3 Å². The SMILES string of the molecule is CCC(Br)C(=O)NC1CCC(=O)N(C)C1=O. The van der Waals surface area contributed by atoms with Crippen LogP contribution in [0.4, 0.5) is 0 Å². The minimum Gasteiger partial charge on any atom is -0.343 e. The zero-order valence-corrected chi connectivity index (χ0v) is 10.9. The summed E-state index contributed by atoms with van der Waals surface area (Å²) >= 11 is 3.21. The molecule has 0 aromatic heterocycles. The van der Waals surface area contributed by atoms with Crippen molar-refractivity contribution in [2.24, 2.45) is 0 Å². The van der Waals surface area contributed by atoms with Gasteiger partial charge in [0.15, 0.2) is 0 Å². The Kier molecular flexibility index (Phi) is 4.46. The maximum Gasteiger partial charge on any atom is 0.251 e. The van der Waals surface area contributed by atoms with Gasteiger partial charge in [-0.1, -0.05) is 22.9 Å². The number of halogens is 1. The maximum absolute atomic E-state index is 11.7. The second-order valence-electron chi connectivity index (χ2n) is 3.77. The maximum atomic E-state index is 11.7. The first-order valence-corrected chi connectivity index (χ1v) is 6.13. The summed E-state index contributed by atoms with van der Waals surface area (Å²) in [5.74, 6) is -0.731. The van der Waals surface area contributed by atoms with Crippen LogP contribution in [-0.2, 0) is 14.4 Å². The Bertz CT molecular complexity index is 319. The Labute approximate surface area is 103 Å². The zero-order valence-electron chi connectivity index (χ0n) is 9.33. The third-order valence-corrected chi connectivity index (χ3v) is 3.67. The largest absolute Gasteiger partial charge is 0.343 e. The summed E-state index contributed by atoms with van der Waals surface area (Å²) < 4.78 is 0. The number of nitrogens with one attached hydrogen (secondary N) is 1. The fourth-order valence-corrected chi connectivity index (χ4v) is 1.63. The smallest absolute Gasteiger partial charge is 0.251 e. The fourth-order valence-electron chi connectivity index (χ4n) is 1.50. The van der Waals surface area contributed by atoms with Gasteiger partial charge >= 0.3 is 0 Å². The molecule has 1 saturated heterocycles. The second kappa shape index (κ2) is 5.43. The minimum absolute atomic E-state index is 0.193. The number of imide groups is 1. The van der Waals surface area contributed by atoms with Crippen molar-refractivity contribution < 1.29 is 14.4 Å². The molecule has 1 heterocycles. The number of hydrogen-bond acceptors (Lipinski definition) is 3. The highest BCUT2D eigenvalue weighted by Gasteiger charge is 2.33. The van der Waals surface area contributed by atoms with Crippen LogP contribution < -0.4 is 5.32 Å². The summed E-state index contributed by atoms with van der Waals surface area (Å²) in [6.07, 6.45) is 1.34. The van der Waals surface area contributed by atoms with Crippen LogP contribution in [0.15, 0.2) is 0 Å². The number of amides is 3. The summed E-state index contributed by atoms with van der Waals surface area (Å²) in [6.45, 7) is 1.87. The number of carbonyl (C=O) groups is 3. The molecule has 90 valence electrons. The molecule has 1 fully saturated rings. The van der Waals surface area contributed by atoms with E-state index in [0.29, 0.717) is 19.3 Å². The number of carbonyl (C=O) groups excluding carboxylic acids is 3. The van der Waals surface area contributed by atoms with E-state index in [4.69, 9.17) is 0 Å². The van der Waals surface area contributed by atoms with Gasteiger partial charge in [-0.2, -0.15) is 0 Å². The quantitative estimate of drug-likeness (QED) is 0.605. The van der Waals surface area contributed by atoms with E-state index in [1.165, 1.54) is 7.05 Å². The molecule has 0 radical (unpaired) electrons. The Morgan fingerprint density at radius 1 is 1.62 bits per heavy atom. The van der Waals surface area contributed by atoms with E-state index in [0.717, 1.165) is 4.90 Å². The van der Waals surface area contributed by atoms with Gasteiger partial charge in [-0.15, -0.1) is 0 Å². The van der Waals surface area contributed by atoms with Crippen LogP contribution in [0.25, 0.3) is 0 Å². The molecule has 0 aliphatic carbocycles. The molecular formula is C10H15BrN2O3. The van der Waals surface area contributed by atoms with E-state index >= 15 is 0 Å². The molecule has 0 saturated carbocycles. The third kappa shape index (κ3) is 2.81. The molecule has 2 unspecified atom stereocenters. The lowest BCUT2D eigenvalue weighted by Gasteiger charge is -2.28. The van der Waals surface area contributed by atoms with E-state index in [2.05, 4.69) is 21.2 Å². The summed E-state index contributed by atoms with van der Waals surface area (Å²) in [6, 6.07) is -0.568. The van der Waals surface area contributed by atoms with Crippen molar-refractivity contribution in [2.45, 2.75) is 37.1 Å². The summed E-state index contributed by atoms with van der Waals surface area (Å²) in [5.41, 5.74) is 0. The van der Waals surface area contributed by atoms with Gasteiger partial charge in [0.05, 0.1) is 4.83 Å². The van der Waals surface area contributed by atoms with Gasteiger partial charge in [-0.05, 0) is 12.8 Å². The highest BCUT2D eigenvalue weighted by Crippen LogP contribution is 2.13. The number of rotatable bonds is 3. The first-order valence-electron chi connectivity index (χ1n) is 5.22. The van der Waals surface area contributed by atoms with Crippen molar-refractivity contribution in [1.82, 2.24) is 10.2 Å². The number of hydrogen-bond donors (Lipinski definition) is 1. The average Bonchev–Trinajstić information content (AvgIpc) is 2.28. The highest BCUT2D eigenvalue weighted by molar-refractivity contribution is 9.10. The lowest BCUT2D eigenvalue weighted by molar-refractivity contribution is -0.149. The lowest BCUT2D eigenvalue weighted by atomic mass is 10.0. The number of likely N-dealkylation sites (tertiary alicyclic amines) is 1. The molecule has 0 spiro atoms. The Morgan fingerprint density at radius 2 is 2.25 bits per heavy atom. The van der Waals surface area contributed by atoms with E-state index in [1.54, 1.807) is 0 Å². The van der Waals surface area contributed by atoms with Crippen molar-refractivity contribution in [1.29, 1.82) is 0 Å². The number of likely N-dealkylation sites (N-methyl/N-ethyl adjacent to an activating group) is 1. The van der Waals surface area contributed by atoms with Crippen molar-refractivity contribution in [3.05, 3.63) is 0 Å². The number of nitrogens with zero attached hydrogens (tertiary/aromatic N) is 1. The van der Waals surface area contributed by atoms with Gasteiger partial charge in [0.2, 0.25) is 11.8 Å². The Morgan fingerprint density at radius 3 is 2.81 bits per heavy atom. The summed E-state index contributed by atoms with van der Waals surface area (Å²) in [5, 5.41) is 2.64. The van der Waals surface area contributed by atoms with Crippen LogP contribution in [-0.4, -0.2) is 40.5 Å². The lowest BCUT2D eigenvalue weighted by Crippen LogP contribution is -2.54. The van der Waals surface area contributed by atoms with E-state index < -0.39 is 6.04 Å². The average molecular weight is 291 g/mol. The third-order valence-electron chi connectivity index (χ3n) is 2.61. The molecule has 3 amide bonds. The van der Waals surface area contributed by atoms with Crippen LogP contribution >= 0.6 is 15.9 Å².